The van der Waals surface area contributed by atoms with Crippen molar-refractivity contribution in [2.24, 2.45) is 5.92 Å². The Kier molecular flexibility index (Phi) is 4.11. The van der Waals surface area contributed by atoms with Gasteiger partial charge in [-0.3, -0.25) is 0 Å². The fraction of sp³-hybridized carbons (Fsp3) is 0.727. The van der Waals surface area contributed by atoms with Crippen molar-refractivity contribution in [3.63, 3.8) is 0 Å². The zero-order chi connectivity index (χ0) is 10.5. The van der Waals surface area contributed by atoms with Crippen LogP contribution < -0.4 is 10.6 Å². The van der Waals surface area contributed by atoms with Crippen molar-refractivity contribution in [1.82, 2.24) is 15.6 Å². The van der Waals surface area contributed by atoms with Crippen LogP contribution in [0.4, 0.5) is 0 Å². The summed E-state index contributed by atoms with van der Waals surface area (Å²) in [5.41, 5.74) is 1.15. The van der Waals surface area contributed by atoms with E-state index < -0.39 is 0 Å². The van der Waals surface area contributed by atoms with Crippen LogP contribution in [0.2, 0.25) is 0 Å². The van der Waals surface area contributed by atoms with Gasteiger partial charge in [-0.05, 0) is 38.9 Å². The van der Waals surface area contributed by atoms with E-state index in [0.717, 1.165) is 31.1 Å². The maximum atomic E-state index is 4.44. The maximum absolute atomic E-state index is 4.44. The normalized spacial score (nSPS) is 16.6. The first-order valence-corrected chi connectivity index (χ1v) is 6.55. The van der Waals surface area contributed by atoms with Gasteiger partial charge in [0.1, 0.15) is 0 Å². The third-order valence-electron chi connectivity index (χ3n) is 2.78. The van der Waals surface area contributed by atoms with Crippen LogP contribution in [0.15, 0.2) is 5.38 Å². The van der Waals surface area contributed by atoms with Gasteiger partial charge in [0.15, 0.2) is 0 Å². The minimum absolute atomic E-state index is 0.916. The van der Waals surface area contributed by atoms with Gasteiger partial charge in [-0.1, -0.05) is 0 Å². The molecule has 0 bridgehead atoms. The number of nitrogens with one attached hydrogen (secondary N) is 2. The van der Waals surface area contributed by atoms with Crippen molar-refractivity contribution in [2.45, 2.75) is 19.8 Å². The van der Waals surface area contributed by atoms with E-state index in [-0.39, 0.29) is 0 Å². The molecule has 1 aromatic heterocycles. The van der Waals surface area contributed by atoms with Crippen molar-refractivity contribution >= 4 is 11.3 Å². The molecule has 0 aromatic carbocycles. The van der Waals surface area contributed by atoms with E-state index >= 15 is 0 Å². The van der Waals surface area contributed by atoms with Crippen molar-refractivity contribution in [3.8, 4) is 0 Å². The van der Waals surface area contributed by atoms with Gasteiger partial charge >= 0.3 is 0 Å². The Morgan fingerprint density at radius 1 is 1.53 bits per heavy atom. The molecular formula is C11H19N3S. The molecule has 3 nitrogen and oxygen atoms in total. The number of aromatic nitrogens is 1. The lowest BCUT2D eigenvalue weighted by atomic mass is 10.00. The van der Waals surface area contributed by atoms with Crippen LogP contribution in [-0.2, 0) is 6.42 Å². The minimum Gasteiger partial charge on any atom is -0.316 e. The zero-order valence-electron chi connectivity index (χ0n) is 9.25. The molecule has 0 spiro atoms. The van der Waals surface area contributed by atoms with Gasteiger partial charge in [0.25, 0.3) is 0 Å². The third kappa shape index (κ3) is 3.55. The Morgan fingerprint density at radius 3 is 3.00 bits per heavy atom. The molecule has 1 saturated heterocycles. The van der Waals surface area contributed by atoms with E-state index in [4.69, 9.17) is 0 Å². The summed E-state index contributed by atoms with van der Waals surface area (Å²) in [6, 6.07) is 0. The van der Waals surface area contributed by atoms with Crippen LogP contribution in [0, 0.1) is 12.8 Å². The summed E-state index contributed by atoms with van der Waals surface area (Å²) in [6.07, 6.45) is 2.38. The Labute approximate surface area is 95.3 Å². The van der Waals surface area contributed by atoms with E-state index in [2.05, 4.69) is 27.9 Å². The number of rotatable bonds is 6. The molecule has 1 aromatic rings. The molecule has 1 aliphatic rings. The Morgan fingerprint density at radius 2 is 2.40 bits per heavy atom. The van der Waals surface area contributed by atoms with Crippen LogP contribution in [-0.4, -0.2) is 31.2 Å². The van der Waals surface area contributed by atoms with Gasteiger partial charge in [0.05, 0.1) is 5.01 Å². The second-order valence-electron chi connectivity index (χ2n) is 4.20. The minimum atomic E-state index is 0.916. The van der Waals surface area contributed by atoms with Crippen molar-refractivity contribution in [3.05, 3.63) is 16.1 Å². The standard InChI is InChI=1S/C11H19N3S/c1-9-8-15-11(14-9)3-5-12-4-2-10-6-13-7-10/h8,10,12-13H,2-7H2,1H3. The molecule has 0 amide bonds. The Bertz CT molecular complexity index is 294. The second-order valence-corrected chi connectivity index (χ2v) is 5.14. The van der Waals surface area contributed by atoms with Crippen LogP contribution in [0.5, 0.6) is 0 Å². The predicted molar refractivity (Wildman–Crippen MR) is 64.4 cm³/mol. The summed E-state index contributed by atoms with van der Waals surface area (Å²) >= 11 is 1.77. The molecule has 0 aliphatic carbocycles. The lowest BCUT2D eigenvalue weighted by Gasteiger charge is -2.26. The molecule has 4 heteroatoms. The van der Waals surface area contributed by atoms with E-state index in [1.165, 1.54) is 24.5 Å². The summed E-state index contributed by atoms with van der Waals surface area (Å²) in [5, 5.41) is 10.2. The van der Waals surface area contributed by atoms with Crippen molar-refractivity contribution < 1.29 is 0 Å². The lowest BCUT2D eigenvalue weighted by molar-refractivity contribution is 0.323. The van der Waals surface area contributed by atoms with E-state index in [1.54, 1.807) is 11.3 Å². The van der Waals surface area contributed by atoms with Gasteiger partial charge in [0.2, 0.25) is 0 Å². The molecular weight excluding hydrogens is 206 g/mol. The number of hydrogen-bond donors (Lipinski definition) is 2. The highest BCUT2D eigenvalue weighted by Gasteiger charge is 2.15. The maximum Gasteiger partial charge on any atom is 0.0940 e. The molecule has 2 rings (SSSR count). The van der Waals surface area contributed by atoms with Crippen LogP contribution in [0.25, 0.3) is 0 Å². The number of nitrogens with zero attached hydrogens (tertiary/aromatic N) is 1. The molecule has 0 atom stereocenters. The number of hydrogen-bond acceptors (Lipinski definition) is 4. The Hall–Kier alpha value is -0.450. The summed E-state index contributed by atoms with van der Waals surface area (Å²) in [6.45, 7) is 6.70. The molecule has 1 aliphatic heterocycles. The van der Waals surface area contributed by atoms with Gasteiger partial charge in [-0.2, -0.15) is 0 Å². The monoisotopic (exact) mass is 225 g/mol. The summed E-state index contributed by atoms with van der Waals surface area (Å²) in [5.74, 6) is 0.916. The zero-order valence-corrected chi connectivity index (χ0v) is 10.1. The van der Waals surface area contributed by atoms with Crippen molar-refractivity contribution in [1.29, 1.82) is 0 Å². The highest BCUT2D eigenvalue weighted by Crippen LogP contribution is 2.09. The summed E-state index contributed by atoms with van der Waals surface area (Å²) in [4.78, 5) is 4.44. The molecule has 1 fully saturated rings. The average molecular weight is 225 g/mol. The van der Waals surface area contributed by atoms with Gasteiger partial charge in [-0.15, -0.1) is 11.3 Å². The first kappa shape index (κ1) is 11.0. The molecule has 2 N–H and O–H groups in total. The van der Waals surface area contributed by atoms with E-state index in [1.807, 2.05) is 0 Å². The van der Waals surface area contributed by atoms with Crippen LogP contribution >= 0.6 is 11.3 Å². The molecule has 2 heterocycles. The van der Waals surface area contributed by atoms with Crippen LogP contribution in [0.1, 0.15) is 17.1 Å². The van der Waals surface area contributed by atoms with Gasteiger partial charge in [-0.25, -0.2) is 4.98 Å². The molecule has 0 radical (unpaired) electrons. The van der Waals surface area contributed by atoms with E-state index in [0.29, 0.717) is 0 Å². The van der Waals surface area contributed by atoms with Gasteiger partial charge in [0, 0.05) is 24.0 Å². The largest absolute Gasteiger partial charge is 0.316 e. The number of aryl methyl sites for hydroxylation is 1. The first-order valence-electron chi connectivity index (χ1n) is 5.67. The second kappa shape index (κ2) is 5.58. The fourth-order valence-corrected chi connectivity index (χ4v) is 2.47. The topological polar surface area (TPSA) is 37.0 Å². The molecule has 0 saturated carbocycles. The highest BCUT2D eigenvalue weighted by molar-refractivity contribution is 7.09. The molecule has 84 valence electrons. The van der Waals surface area contributed by atoms with Crippen LogP contribution in [0.3, 0.4) is 0 Å². The predicted octanol–water partition coefficient (Wildman–Crippen LogP) is 1.19. The summed E-state index contributed by atoms with van der Waals surface area (Å²) < 4.78 is 0. The quantitative estimate of drug-likeness (QED) is 0.714. The van der Waals surface area contributed by atoms with E-state index in [9.17, 15) is 0 Å². The SMILES string of the molecule is Cc1csc(CCNCCC2CNC2)n1. The highest BCUT2D eigenvalue weighted by atomic mass is 32.1. The number of thiazole rings is 1. The lowest BCUT2D eigenvalue weighted by Crippen LogP contribution is -2.43. The smallest absolute Gasteiger partial charge is 0.0940 e. The molecule has 0 unspecified atom stereocenters. The third-order valence-corrected chi connectivity index (χ3v) is 3.80. The average Bonchev–Trinajstić information content (AvgIpc) is 2.54. The Balaban J connectivity index is 1.51. The van der Waals surface area contributed by atoms with Crippen molar-refractivity contribution in [2.75, 3.05) is 26.2 Å². The first-order chi connectivity index (χ1) is 7.34. The fourth-order valence-electron chi connectivity index (χ4n) is 1.70. The van der Waals surface area contributed by atoms with Gasteiger partial charge < -0.3 is 10.6 Å². The molecule has 15 heavy (non-hydrogen) atoms. The summed E-state index contributed by atoms with van der Waals surface area (Å²) in [7, 11) is 0.